The van der Waals surface area contributed by atoms with Crippen molar-refractivity contribution in [1.82, 2.24) is 9.97 Å². The number of hydrogen-bond donors (Lipinski definition) is 1. The highest BCUT2D eigenvalue weighted by atomic mass is 35.5. The van der Waals surface area contributed by atoms with Crippen molar-refractivity contribution in [3.05, 3.63) is 45.7 Å². The standard InChI is InChI=1S/C18H17ClN4OS/c1-11-14-4-2-3-5-15(14)23-18(21-11)25-10-17(24)22-16-8-13(19)7-6-12(16)9-20/h6-8H,2-5,10H2,1H3,(H,22,24). The second-order valence-electron chi connectivity index (χ2n) is 5.86. The Balaban J connectivity index is 1.66. The molecule has 7 heteroatoms. The van der Waals surface area contributed by atoms with Gasteiger partial charge >= 0.3 is 0 Å². The monoisotopic (exact) mass is 372 g/mol. The quantitative estimate of drug-likeness (QED) is 0.650. The Morgan fingerprint density at radius 2 is 2.16 bits per heavy atom. The molecule has 0 fully saturated rings. The molecule has 0 bridgehead atoms. The Bertz CT molecular complexity index is 863. The van der Waals surface area contributed by atoms with Crippen LogP contribution in [0.15, 0.2) is 23.4 Å². The fraction of sp³-hybridized carbons (Fsp3) is 0.333. The van der Waals surface area contributed by atoms with Crippen LogP contribution in [-0.2, 0) is 17.6 Å². The molecule has 1 N–H and O–H groups in total. The summed E-state index contributed by atoms with van der Waals surface area (Å²) in [6.07, 6.45) is 4.36. The fourth-order valence-corrected chi connectivity index (χ4v) is 3.73. The predicted molar refractivity (Wildman–Crippen MR) is 98.9 cm³/mol. The van der Waals surface area contributed by atoms with E-state index >= 15 is 0 Å². The van der Waals surface area contributed by atoms with Crippen LogP contribution in [0.1, 0.15) is 35.4 Å². The van der Waals surface area contributed by atoms with E-state index < -0.39 is 0 Å². The highest BCUT2D eigenvalue weighted by molar-refractivity contribution is 7.99. The molecule has 5 nitrogen and oxygen atoms in total. The van der Waals surface area contributed by atoms with E-state index in [1.54, 1.807) is 18.2 Å². The summed E-state index contributed by atoms with van der Waals surface area (Å²) in [5.74, 6) is -0.0435. The van der Waals surface area contributed by atoms with Gasteiger partial charge in [-0.1, -0.05) is 23.4 Å². The summed E-state index contributed by atoms with van der Waals surface area (Å²) >= 11 is 7.23. The Labute approximate surface area is 155 Å². The van der Waals surface area contributed by atoms with Gasteiger partial charge in [0.05, 0.1) is 17.0 Å². The van der Waals surface area contributed by atoms with Crippen molar-refractivity contribution in [2.45, 2.75) is 37.8 Å². The Kier molecular flexibility index (Phi) is 5.57. The van der Waals surface area contributed by atoms with Gasteiger partial charge in [-0.05, 0) is 56.4 Å². The van der Waals surface area contributed by atoms with Gasteiger partial charge in [0, 0.05) is 16.4 Å². The summed E-state index contributed by atoms with van der Waals surface area (Å²) in [7, 11) is 0. The third kappa shape index (κ3) is 4.30. The number of halogens is 1. The number of benzene rings is 1. The van der Waals surface area contributed by atoms with Crippen molar-refractivity contribution in [2.24, 2.45) is 0 Å². The van der Waals surface area contributed by atoms with Crippen LogP contribution >= 0.6 is 23.4 Å². The SMILES string of the molecule is Cc1nc(SCC(=O)Nc2cc(Cl)ccc2C#N)nc2c1CCCC2. The molecule has 0 unspecified atom stereocenters. The molecular formula is C18H17ClN4OS. The van der Waals surface area contributed by atoms with Crippen molar-refractivity contribution in [2.75, 3.05) is 11.1 Å². The van der Waals surface area contributed by atoms with Crippen LogP contribution in [0.4, 0.5) is 5.69 Å². The second-order valence-corrected chi connectivity index (χ2v) is 7.24. The summed E-state index contributed by atoms with van der Waals surface area (Å²) in [5.41, 5.74) is 4.18. The molecule has 0 radical (unpaired) electrons. The van der Waals surface area contributed by atoms with Gasteiger partial charge in [-0.3, -0.25) is 4.79 Å². The zero-order valence-corrected chi connectivity index (χ0v) is 15.4. The number of anilines is 1. The summed E-state index contributed by atoms with van der Waals surface area (Å²) in [6.45, 7) is 2.00. The molecule has 1 heterocycles. The van der Waals surface area contributed by atoms with Gasteiger partial charge in [0.15, 0.2) is 5.16 Å². The number of amides is 1. The van der Waals surface area contributed by atoms with Gasteiger partial charge in [-0.25, -0.2) is 9.97 Å². The predicted octanol–water partition coefficient (Wildman–Crippen LogP) is 3.92. The normalized spacial score (nSPS) is 13.0. The summed E-state index contributed by atoms with van der Waals surface area (Å²) in [5, 5.41) is 12.9. The first-order chi connectivity index (χ1) is 12.1. The maximum absolute atomic E-state index is 12.2. The van der Waals surface area contributed by atoms with Crippen molar-refractivity contribution in [3.63, 3.8) is 0 Å². The third-order valence-electron chi connectivity index (χ3n) is 4.08. The lowest BCUT2D eigenvalue weighted by molar-refractivity contribution is -0.113. The number of aryl methyl sites for hydroxylation is 2. The van der Waals surface area contributed by atoms with Crippen LogP contribution in [0.3, 0.4) is 0 Å². The van der Waals surface area contributed by atoms with Crippen molar-refractivity contribution >= 4 is 35.0 Å². The topological polar surface area (TPSA) is 78.7 Å². The molecule has 2 aromatic rings. The molecule has 1 aliphatic rings. The van der Waals surface area contributed by atoms with E-state index in [0.717, 1.165) is 30.7 Å². The van der Waals surface area contributed by atoms with Crippen LogP contribution in [-0.4, -0.2) is 21.6 Å². The van der Waals surface area contributed by atoms with Gasteiger partial charge in [-0.15, -0.1) is 0 Å². The lowest BCUT2D eigenvalue weighted by Crippen LogP contribution is -2.16. The molecule has 1 aromatic carbocycles. The van der Waals surface area contributed by atoms with Crippen molar-refractivity contribution in [3.8, 4) is 6.07 Å². The van der Waals surface area contributed by atoms with Gasteiger partial charge < -0.3 is 5.32 Å². The maximum atomic E-state index is 12.2. The second kappa shape index (κ2) is 7.85. The number of fused-ring (bicyclic) bond motifs is 1. The number of nitriles is 1. The lowest BCUT2D eigenvalue weighted by atomic mass is 9.95. The highest BCUT2D eigenvalue weighted by Crippen LogP contribution is 2.25. The molecular weight excluding hydrogens is 356 g/mol. The molecule has 3 rings (SSSR count). The first-order valence-corrected chi connectivity index (χ1v) is 9.42. The molecule has 25 heavy (non-hydrogen) atoms. The lowest BCUT2D eigenvalue weighted by Gasteiger charge is -2.17. The summed E-state index contributed by atoms with van der Waals surface area (Å²) < 4.78 is 0. The van der Waals surface area contributed by atoms with Crippen molar-refractivity contribution < 1.29 is 4.79 Å². The molecule has 0 saturated carbocycles. The molecule has 1 aliphatic carbocycles. The Morgan fingerprint density at radius 3 is 2.96 bits per heavy atom. The first-order valence-electron chi connectivity index (χ1n) is 8.05. The number of aromatic nitrogens is 2. The summed E-state index contributed by atoms with van der Waals surface area (Å²) in [4.78, 5) is 21.3. The van der Waals surface area contributed by atoms with E-state index in [1.807, 2.05) is 13.0 Å². The van der Waals surface area contributed by atoms with Crippen LogP contribution in [0.2, 0.25) is 5.02 Å². The highest BCUT2D eigenvalue weighted by Gasteiger charge is 2.16. The number of hydrogen-bond acceptors (Lipinski definition) is 5. The molecule has 0 saturated heterocycles. The number of nitrogens with zero attached hydrogens (tertiary/aromatic N) is 3. The number of nitrogens with one attached hydrogen (secondary N) is 1. The Hall–Kier alpha value is -2.10. The minimum Gasteiger partial charge on any atom is -0.324 e. The molecule has 1 aromatic heterocycles. The average Bonchev–Trinajstić information content (AvgIpc) is 2.60. The van der Waals surface area contributed by atoms with E-state index in [9.17, 15) is 4.79 Å². The Morgan fingerprint density at radius 1 is 1.36 bits per heavy atom. The summed E-state index contributed by atoms with van der Waals surface area (Å²) in [6, 6.07) is 6.81. The molecule has 128 valence electrons. The zero-order chi connectivity index (χ0) is 17.8. The van der Waals surface area contributed by atoms with E-state index in [1.165, 1.54) is 23.7 Å². The van der Waals surface area contributed by atoms with E-state index in [-0.39, 0.29) is 11.7 Å². The van der Waals surface area contributed by atoms with Crippen LogP contribution in [0, 0.1) is 18.3 Å². The number of carbonyl (C=O) groups excluding carboxylic acids is 1. The third-order valence-corrected chi connectivity index (χ3v) is 5.16. The average molecular weight is 373 g/mol. The van der Waals surface area contributed by atoms with E-state index in [2.05, 4.69) is 15.3 Å². The van der Waals surface area contributed by atoms with Crippen LogP contribution in [0.5, 0.6) is 0 Å². The first kappa shape index (κ1) is 17.7. The zero-order valence-electron chi connectivity index (χ0n) is 13.8. The molecule has 0 aliphatic heterocycles. The van der Waals surface area contributed by atoms with Gasteiger partial charge in [0.2, 0.25) is 5.91 Å². The van der Waals surface area contributed by atoms with Crippen molar-refractivity contribution in [1.29, 1.82) is 5.26 Å². The number of rotatable bonds is 4. The fourth-order valence-electron chi connectivity index (χ4n) is 2.85. The minimum absolute atomic E-state index is 0.176. The molecule has 0 atom stereocenters. The van der Waals surface area contributed by atoms with Crippen LogP contribution in [0.25, 0.3) is 0 Å². The van der Waals surface area contributed by atoms with E-state index in [0.29, 0.717) is 21.4 Å². The molecule has 0 spiro atoms. The van der Waals surface area contributed by atoms with Crippen LogP contribution < -0.4 is 5.32 Å². The van der Waals surface area contributed by atoms with Gasteiger partial charge in [-0.2, -0.15) is 5.26 Å². The van der Waals surface area contributed by atoms with E-state index in [4.69, 9.17) is 16.9 Å². The largest absolute Gasteiger partial charge is 0.324 e. The molecule has 1 amide bonds. The van der Waals surface area contributed by atoms with Gasteiger partial charge in [0.1, 0.15) is 6.07 Å². The maximum Gasteiger partial charge on any atom is 0.234 e. The number of carbonyl (C=O) groups is 1. The smallest absolute Gasteiger partial charge is 0.234 e. The number of thioether (sulfide) groups is 1. The minimum atomic E-state index is -0.220. The van der Waals surface area contributed by atoms with Gasteiger partial charge in [0.25, 0.3) is 0 Å².